The number of nitrogens with one attached hydrogen (secondary N) is 2. The summed E-state index contributed by atoms with van der Waals surface area (Å²) in [5, 5.41) is 9.24. The molecular formula is C22H17N5O3S2. The minimum absolute atomic E-state index is 0.146. The van der Waals surface area contributed by atoms with Crippen molar-refractivity contribution in [1.29, 1.82) is 0 Å². The van der Waals surface area contributed by atoms with Crippen LogP contribution in [0.25, 0.3) is 33.3 Å². The van der Waals surface area contributed by atoms with Gasteiger partial charge in [0.2, 0.25) is 0 Å². The van der Waals surface area contributed by atoms with E-state index in [2.05, 4.69) is 20.4 Å². The maximum absolute atomic E-state index is 12.7. The molecule has 0 saturated carbocycles. The summed E-state index contributed by atoms with van der Waals surface area (Å²) in [6.07, 6.45) is 6.57. The second-order valence-electron chi connectivity index (χ2n) is 7.02. The Bertz CT molecular complexity index is 1530. The minimum atomic E-state index is -3.72. The first-order chi connectivity index (χ1) is 15.5. The van der Waals surface area contributed by atoms with Gasteiger partial charge in [-0.15, -0.1) is 11.3 Å². The summed E-state index contributed by atoms with van der Waals surface area (Å²) in [5.41, 5.74) is 4.50. The molecule has 0 aliphatic rings. The van der Waals surface area contributed by atoms with Crippen LogP contribution in [0.1, 0.15) is 10.4 Å². The number of thiophene rings is 1. The van der Waals surface area contributed by atoms with Crippen LogP contribution in [0.2, 0.25) is 0 Å². The SMILES string of the molecule is CNC(=O)c1ccc(-c2cnc3[nH]cc(-c4cnn(S(=O)(=O)c5cccs5)c4)c3c2)cc1. The topological polar surface area (TPSA) is 110 Å². The van der Waals surface area contributed by atoms with Gasteiger partial charge in [-0.25, -0.2) is 4.98 Å². The molecule has 0 aliphatic heterocycles. The van der Waals surface area contributed by atoms with Gasteiger partial charge in [-0.2, -0.15) is 17.6 Å². The zero-order chi connectivity index (χ0) is 22.3. The molecule has 1 aromatic carbocycles. The van der Waals surface area contributed by atoms with Crippen LogP contribution < -0.4 is 5.32 Å². The number of rotatable bonds is 5. The summed E-state index contributed by atoms with van der Waals surface area (Å²) in [6.45, 7) is 0. The molecule has 4 heterocycles. The Morgan fingerprint density at radius 2 is 1.91 bits per heavy atom. The van der Waals surface area contributed by atoms with Crippen LogP contribution in [0.15, 0.2) is 76.8 Å². The molecule has 5 rings (SSSR count). The van der Waals surface area contributed by atoms with Gasteiger partial charge in [0.1, 0.15) is 9.86 Å². The largest absolute Gasteiger partial charge is 0.355 e. The van der Waals surface area contributed by atoms with E-state index < -0.39 is 10.0 Å². The normalized spacial score (nSPS) is 11.7. The molecule has 160 valence electrons. The number of carbonyl (C=O) groups is 1. The highest BCUT2D eigenvalue weighted by Crippen LogP contribution is 2.31. The van der Waals surface area contributed by atoms with Gasteiger partial charge in [-0.3, -0.25) is 4.79 Å². The van der Waals surface area contributed by atoms with E-state index in [0.717, 1.165) is 37.5 Å². The second kappa shape index (κ2) is 7.74. The van der Waals surface area contributed by atoms with Crippen molar-refractivity contribution in [2.45, 2.75) is 4.21 Å². The first-order valence-corrected chi connectivity index (χ1v) is 11.9. The zero-order valence-corrected chi connectivity index (χ0v) is 18.4. The Balaban J connectivity index is 1.53. The van der Waals surface area contributed by atoms with Crippen LogP contribution in [0.4, 0.5) is 0 Å². The van der Waals surface area contributed by atoms with Gasteiger partial charge in [0.25, 0.3) is 15.9 Å². The predicted octanol–water partition coefficient (Wildman–Crippen LogP) is 3.75. The lowest BCUT2D eigenvalue weighted by Crippen LogP contribution is -2.17. The van der Waals surface area contributed by atoms with Gasteiger partial charge in [0.15, 0.2) is 0 Å². The quantitative estimate of drug-likeness (QED) is 0.413. The third-order valence-corrected chi connectivity index (χ3v) is 8.02. The minimum Gasteiger partial charge on any atom is -0.355 e. The first kappa shape index (κ1) is 20.2. The van der Waals surface area contributed by atoms with Gasteiger partial charge in [-0.1, -0.05) is 18.2 Å². The Morgan fingerprint density at radius 1 is 1.09 bits per heavy atom. The Labute approximate surface area is 187 Å². The molecular weight excluding hydrogens is 446 g/mol. The van der Waals surface area contributed by atoms with E-state index in [4.69, 9.17) is 0 Å². The van der Waals surface area contributed by atoms with Gasteiger partial charge < -0.3 is 10.3 Å². The van der Waals surface area contributed by atoms with Crippen molar-refractivity contribution in [2.24, 2.45) is 0 Å². The second-order valence-corrected chi connectivity index (χ2v) is 9.99. The molecule has 5 aromatic rings. The molecule has 0 unspecified atom stereocenters. The van der Waals surface area contributed by atoms with E-state index in [1.807, 2.05) is 18.2 Å². The van der Waals surface area contributed by atoms with Crippen molar-refractivity contribution in [2.75, 3.05) is 7.05 Å². The van der Waals surface area contributed by atoms with Crippen LogP contribution in [0.3, 0.4) is 0 Å². The van der Waals surface area contributed by atoms with Crippen LogP contribution in [0.5, 0.6) is 0 Å². The van der Waals surface area contributed by atoms with E-state index in [1.54, 1.807) is 49.1 Å². The highest BCUT2D eigenvalue weighted by Gasteiger charge is 2.20. The van der Waals surface area contributed by atoms with Crippen LogP contribution in [0, 0.1) is 0 Å². The lowest BCUT2D eigenvalue weighted by Gasteiger charge is -2.05. The van der Waals surface area contributed by atoms with Crippen molar-refractivity contribution >= 4 is 38.3 Å². The summed E-state index contributed by atoms with van der Waals surface area (Å²) in [4.78, 5) is 19.4. The van der Waals surface area contributed by atoms with Gasteiger partial charge in [0, 0.05) is 47.1 Å². The number of pyridine rings is 1. The summed E-state index contributed by atoms with van der Waals surface area (Å²) >= 11 is 1.15. The number of hydrogen-bond donors (Lipinski definition) is 2. The molecule has 0 radical (unpaired) electrons. The first-order valence-electron chi connectivity index (χ1n) is 9.61. The van der Waals surface area contributed by atoms with Crippen molar-refractivity contribution in [3.8, 4) is 22.3 Å². The molecule has 0 spiro atoms. The molecule has 0 atom stereocenters. The number of aromatic amines is 1. The Hall–Kier alpha value is -3.76. The van der Waals surface area contributed by atoms with Crippen molar-refractivity contribution in [3.05, 3.63) is 78.2 Å². The van der Waals surface area contributed by atoms with Crippen molar-refractivity contribution in [3.63, 3.8) is 0 Å². The summed E-state index contributed by atoms with van der Waals surface area (Å²) < 4.78 is 26.7. The van der Waals surface area contributed by atoms with Gasteiger partial charge >= 0.3 is 0 Å². The fraction of sp³-hybridized carbons (Fsp3) is 0.0455. The number of nitrogens with zero attached hydrogens (tertiary/aromatic N) is 3. The van der Waals surface area contributed by atoms with E-state index >= 15 is 0 Å². The summed E-state index contributed by atoms with van der Waals surface area (Å²) in [7, 11) is -2.13. The van der Waals surface area contributed by atoms with Crippen molar-refractivity contribution in [1.82, 2.24) is 24.5 Å². The molecule has 0 bridgehead atoms. The number of hydrogen-bond acceptors (Lipinski definition) is 6. The van der Waals surface area contributed by atoms with E-state index in [-0.39, 0.29) is 10.1 Å². The van der Waals surface area contributed by atoms with Crippen LogP contribution >= 0.6 is 11.3 Å². The Kier molecular flexibility index (Phi) is 4.87. The van der Waals surface area contributed by atoms with E-state index in [0.29, 0.717) is 16.8 Å². The average Bonchev–Trinajstić information content (AvgIpc) is 3.58. The lowest BCUT2D eigenvalue weighted by molar-refractivity contribution is 0.0963. The molecule has 10 heteroatoms. The average molecular weight is 464 g/mol. The molecule has 0 aliphatic carbocycles. The fourth-order valence-electron chi connectivity index (χ4n) is 3.44. The van der Waals surface area contributed by atoms with E-state index in [1.165, 1.54) is 12.4 Å². The summed E-state index contributed by atoms with van der Waals surface area (Å²) in [6, 6.07) is 12.5. The lowest BCUT2D eigenvalue weighted by atomic mass is 10.0. The molecule has 32 heavy (non-hydrogen) atoms. The molecule has 0 fully saturated rings. The summed E-state index contributed by atoms with van der Waals surface area (Å²) in [5.74, 6) is -0.146. The molecule has 4 aromatic heterocycles. The zero-order valence-electron chi connectivity index (χ0n) is 16.8. The third-order valence-electron chi connectivity index (χ3n) is 5.11. The third kappa shape index (κ3) is 3.39. The number of amides is 1. The maximum atomic E-state index is 12.7. The van der Waals surface area contributed by atoms with Gasteiger partial charge in [0.05, 0.1) is 12.4 Å². The maximum Gasteiger partial charge on any atom is 0.292 e. The number of H-pyrrole nitrogens is 1. The molecule has 0 saturated heterocycles. The highest BCUT2D eigenvalue weighted by molar-refractivity contribution is 7.91. The monoisotopic (exact) mass is 463 g/mol. The highest BCUT2D eigenvalue weighted by atomic mass is 32.2. The predicted molar refractivity (Wildman–Crippen MR) is 123 cm³/mol. The molecule has 2 N–H and O–H groups in total. The molecule has 1 amide bonds. The molecule has 8 nitrogen and oxygen atoms in total. The Morgan fingerprint density at radius 3 is 2.62 bits per heavy atom. The number of fused-ring (bicyclic) bond motifs is 1. The van der Waals surface area contributed by atoms with Crippen LogP contribution in [-0.2, 0) is 10.0 Å². The van der Waals surface area contributed by atoms with Crippen LogP contribution in [-0.4, -0.2) is 40.5 Å². The van der Waals surface area contributed by atoms with Crippen molar-refractivity contribution < 1.29 is 13.2 Å². The van der Waals surface area contributed by atoms with E-state index in [9.17, 15) is 13.2 Å². The number of carbonyl (C=O) groups excluding carboxylic acids is 1. The van der Waals surface area contributed by atoms with Gasteiger partial charge in [-0.05, 0) is 35.2 Å². The fourth-order valence-corrected chi connectivity index (χ4v) is 5.63. The number of benzene rings is 1. The number of aromatic nitrogens is 4. The standard InChI is InChI=1S/C22H17N5O3S2/c1-23-22(28)15-6-4-14(5-7-15)16-9-18-19(12-25-21(18)24-10-16)17-11-26-27(13-17)32(29,30)20-3-2-8-31-20/h2-13H,1H3,(H,23,28)(H,24,25). The smallest absolute Gasteiger partial charge is 0.292 e.